The average Bonchev–Trinajstić information content (AvgIpc) is 2.83. The normalized spacial score (nSPS) is 10.8. The number of likely N-dealkylation sites (N-methyl/N-ethyl adjacent to an activating group) is 1. The van der Waals surface area contributed by atoms with E-state index in [2.05, 4.69) is 0 Å². The molecule has 0 aliphatic rings. The van der Waals surface area contributed by atoms with E-state index in [1.807, 2.05) is 79.9 Å². The largest absolute Gasteiger partial charge is 0.494 e. The molecule has 3 rings (SSSR count). The van der Waals surface area contributed by atoms with Crippen LogP contribution in [0.3, 0.4) is 0 Å². The zero-order valence-electron chi connectivity index (χ0n) is 18.2. The molecule has 0 heterocycles. The molecule has 166 valence electrons. The summed E-state index contributed by atoms with van der Waals surface area (Å²) in [5, 5.41) is 0.692. The van der Waals surface area contributed by atoms with Crippen LogP contribution in [0.1, 0.15) is 24.0 Å². The predicted octanol–water partition coefficient (Wildman–Crippen LogP) is 6.25. The van der Waals surface area contributed by atoms with Crippen molar-refractivity contribution in [3.05, 3.63) is 101 Å². The summed E-state index contributed by atoms with van der Waals surface area (Å²) in [6, 6.07) is 25.1. The molecule has 32 heavy (non-hydrogen) atoms. The summed E-state index contributed by atoms with van der Waals surface area (Å²) in [5.74, 6) is 1.58. The minimum absolute atomic E-state index is 0.0203. The number of carbonyl (C=O) groups excluding carboxylic acids is 1. The van der Waals surface area contributed by atoms with E-state index in [1.54, 1.807) is 23.1 Å². The fourth-order valence-corrected chi connectivity index (χ4v) is 3.12. The highest BCUT2D eigenvalue weighted by atomic mass is 35.5. The number of carbonyl (C=O) groups is 1. The van der Waals surface area contributed by atoms with Gasteiger partial charge in [-0.25, -0.2) is 0 Å². The van der Waals surface area contributed by atoms with E-state index in [0.717, 1.165) is 35.5 Å². The fourth-order valence-electron chi connectivity index (χ4n) is 2.99. The highest BCUT2D eigenvalue weighted by Gasteiger charge is 2.04. The molecule has 4 nitrogen and oxygen atoms in total. The Morgan fingerprint density at radius 2 is 1.53 bits per heavy atom. The van der Waals surface area contributed by atoms with Gasteiger partial charge >= 0.3 is 0 Å². The van der Waals surface area contributed by atoms with E-state index in [0.29, 0.717) is 24.8 Å². The highest BCUT2D eigenvalue weighted by Crippen LogP contribution is 2.16. The first kappa shape index (κ1) is 23.4. The van der Waals surface area contributed by atoms with E-state index in [4.69, 9.17) is 21.1 Å². The zero-order valence-corrected chi connectivity index (χ0v) is 19.0. The van der Waals surface area contributed by atoms with Crippen LogP contribution in [0.5, 0.6) is 11.5 Å². The van der Waals surface area contributed by atoms with Gasteiger partial charge in [0.15, 0.2) is 0 Å². The van der Waals surface area contributed by atoms with Crippen LogP contribution in [0, 0.1) is 0 Å². The first-order valence-electron chi connectivity index (χ1n) is 10.7. The number of hydrogen-bond donors (Lipinski definition) is 0. The number of nitrogens with zero attached hydrogens (tertiary/aromatic N) is 1. The van der Waals surface area contributed by atoms with Gasteiger partial charge in [-0.2, -0.15) is 0 Å². The first-order chi connectivity index (χ1) is 15.6. The maximum Gasteiger partial charge on any atom is 0.246 e. The first-order valence-corrected chi connectivity index (χ1v) is 11.1. The van der Waals surface area contributed by atoms with Crippen molar-refractivity contribution in [3.63, 3.8) is 0 Å². The molecule has 1 amide bonds. The Hall–Kier alpha value is -3.24. The summed E-state index contributed by atoms with van der Waals surface area (Å²) in [5.41, 5.74) is 2.08. The molecule has 0 aliphatic carbocycles. The molecule has 0 radical (unpaired) electrons. The van der Waals surface area contributed by atoms with Crippen LogP contribution in [0.15, 0.2) is 84.9 Å². The van der Waals surface area contributed by atoms with E-state index in [1.165, 1.54) is 0 Å². The molecule has 0 atom stereocenters. The van der Waals surface area contributed by atoms with Crippen LogP contribution in [0.2, 0.25) is 5.02 Å². The number of benzene rings is 3. The van der Waals surface area contributed by atoms with Gasteiger partial charge in [0, 0.05) is 24.7 Å². The van der Waals surface area contributed by atoms with Crippen molar-refractivity contribution in [2.24, 2.45) is 0 Å². The molecule has 0 aliphatic heterocycles. The molecule has 3 aromatic rings. The van der Waals surface area contributed by atoms with Crippen molar-refractivity contribution >= 4 is 23.6 Å². The van der Waals surface area contributed by atoms with Gasteiger partial charge in [0.05, 0.1) is 6.61 Å². The molecule has 5 heteroatoms. The summed E-state index contributed by atoms with van der Waals surface area (Å²) in [6.45, 7) is 1.82. The van der Waals surface area contributed by atoms with E-state index in [9.17, 15) is 4.79 Å². The lowest BCUT2D eigenvalue weighted by Crippen LogP contribution is -2.26. The Morgan fingerprint density at radius 1 is 0.875 bits per heavy atom. The minimum atomic E-state index is -0.0203. The molecular weight excluding hydrogens is 422 g/mol. The lowest BCUT2D eigenvalue weighted by molar-refractivity contribution is -0.124. The molecule has 0 fully saturated rings. The number of unbranched alkanes of at least 4 members (excludes halogenated alkanes) is 1. The van der Waals surface area contributed by atoms with E-state index >= 15 is 0 Å². The predicted molar refractivity (Wildman–Crippen MR) is 130 cm³/mol. The van der Waals surface area contributed by atoms with Crippen LogP contribution >= 0.6 is 11.6 Å². The molecular formula is C27H28ClNO3. The number of ether oxygens (including phenoxy) is 2. The third-order valence-electron chi connectivity index (χ3n) is 4.89. The number of halogens is 1. The van der Waals surface area contributed by atoms with Crippen molar-refractivity contribution in [1.82, 2.24) is 4.90 Å². The minimum Gasteiger partial charge on any atom is -0.494 e. The molecule has 0 saturated heterocycles. The topological polar surface area (TPSA) is 38.8 Å². The summed E-state index contributed by atoms with van der Waals surface area (Å²) in [6.07, 6.45) is 5.17. The highest BCUT2D eigenvalue weighted by molar-refractivity contribution is 6.30. The monoisotopic (exact) mass is 449 g/mol. The van der Waals surface area contributed by atoms with Crippen molar-refractivity contribution in [3.8, 4) is 11.5 Å². The molecule has 0 unspecified atom stereocenters. The molecule has 3 aromatic carbocycles. The second-order valence-corrected chi connectivity index (χ2v) is 7.88. The lowest BCUT2D eigenvalue weighted by Gasteiger charge is -2.15. The van der Waals surface area contributed by atoms with Crippen molar-refractivity contribution in [1.29, 1.82) is 0 Å². The third kappa shape index (κ3) is 8.12. The van der Waals surface area contributed by atoms with Crippen LogP contribution in [-0.4, -0.2) is 31.0 Å². The Labute approximate surface area is 195 Å². The van der Waals surface area contributed by atoms with Gasteiger partial charge < -0.3 is 14.4 Å². The maximum atomic E-state index is 12.3. The van der Waals surface area contributed by atoms with E-state index in [-0.39, 0.29) is 5.91 Å². The van der Waals surface area contributed by atoms with Crippen molar-refractivity contribution < 1.29 is 14.3 Å². The van der Waals surface area contributed by atoms with Gasteiger partial charge in [-0.1, -0.05) is 54.1 Å². The number of amides is 1. The van der Waals surface area contributed by atoms with Gasteiger partial charge in [0.2, 0.25) is 5.91 Å². The second-order valence-electron chi connectivity index (χ2n) is 7.45. The number of hydrogen-bond acceptors (Lipinski definition) is 3. The summed E-state index contributed by atoms with van der Waals surface area (Å²) in [4.78, 5) is 14.0. The Bertz CT molecular complexity index is 986. The molecule has 0 N–H and O–H groups in total. The molecule has 0 bridgehead atoms. The van der Waals surface area contributed by atoms with Crippen molar-refractivity contribution in [2.75, 3.05) is 20.2 Å². The third-order valence-corrected chi connectivity index (χ3v) is 5.15. The van der Waals surface area contributed by atoms with E-state index < -0.39 is 0 Å². The van der Waals surface area contributed by atoms with Gasteiger partial charge in [0.25, 0.3) is 0 Å². The van der Waals surface area contributed by atoms with Gasteiger partial charge in [-0.15, -0.1) is 0 Å². The molecule has 0 spiro atoms. The van der Waals surface area contributed by atoms with Gasteiger partial charge in [-0.3, -0.25) is 4.79 Å². The molecule has 0 saturated carbocycles. The summed E-state index contributed by atoms with van der Waals surface area (Å²) in [7, 11) is 1.81. The smallest absolute Gasteiger partial charge is 0.246 e. The van der Waals surface area contributed by atoms with Gasteiger partial charge in [0.1, 0.15) is 18.1 Å². The van der Waals surface area contributed by atoms with Gasteiger partial charge in [-0.05, 0) is 66.4 Å². The fraction of sp³-hybridized carbons (Fsp3) is 0.222. The maximum absolute atomic E-state index is 12.3. The van der Waals surface area contributed by atoms with Crippen LogP contribution in [-0.2, 0) is 11.4 Å². The zero-order chi connectivity index (χ0) is 22.6. The SMILES string of the molecule is CN(CCCCOc1ccc(Cl)cc1)C(=O)/C=C/c1ccc(OCc2ccccc2)cc1. The van der Waals surface area contributed by atoms with Crippen LogP contribution < -0.4 is 9.47 Å². The lowest BCUT2D eigenvalue weighted by atomic mass is 10.2. The Balaban J connectivity index is 1.34. The van der Waals surface area contributed by atoms with Crippen LogP contribution in [0.25, 0.3) is 6.08 Å². The Kier molecular flexibility index (Phi) is 9.20. The summed E-state index contributed by atoms with van der Waals surface area (Å²) < 4.78 is 11.5. The standard InChI is InChI=1S/C27H28ClNO3/c1-29(19-5-6-20-31-25-16-12-24(28)13-17-25)27(30)18-11-22-9-14-26(15-10-22)32-21-23-7-3-2-4-8-23/h2-4,7-18H,5-6,19-21H2,1H3/b18-11+. The number of rotatable bonds is 11. The molecule has 0 aromatic heterocycles. The second kappa shape index (κ2) is 12.6. The average molecular weight is 450 g/mol. The van der Waals surface area contributed by atoms with Crippen LogP contribution in [0.4, 0.5) is 0 Å². The Morgan fingerprint density at radius 3 is 2.25 bits per heavy atom. The quantitative estimate of drug-likeness (QED) is 0.256. The van der Waals surface area contributed by atoms with Crippen molar-refractivity contribution in [2.45, 2.75) is 19.4 Å². The summed E-state index contributed by atoms with van der Waals surface area (Å²) >= 11 is 5.86.